The maximum absolute atomic E-state index is 10.8. The zero-order valence-electron chi connectivity index (χ0n) is 2.65. The van der Waals surface area contributed by atoms with E-state index in [-0.39, 0.29) is 0 Å². The van der Waals surface area contributed by atoms with Gasteiger partial charge in [-0.1, -0.05) is 0 Å². The third-order valence-corrected chi connectivity index (χ3v) is 0.239. The molecule has 0 amide bonds. The van der Waals surface area contributed by atoms with E-state index in [0.29, 0.717) is 0 Å². The van der Waals surface area contributed by atoms with Crippen LogP contribution < -0.4 is 0 Å². The fourth-order valence-corrected chi connectivity index (χ4v) is 0.0297. The molecule has 0 N–H and O–H groups in total. The first kappa shape index (κ1) is 3.89. The molecule has 1 saturated heterocycles. The van der Waals surface area contributed by atoms with Crippen molar-refractivity contribution >= 4 is 0 Å². The van der Waals surface area contributed by atoms with Gasteiger partial charge in [-0.3, -0.25) is 4.39 Å². The normalized spacial score (nSPS) is 31.8. The van der Waals surface area contributed by atoms with E-state index in [2.05, 4.69) is 4.74 Å². The Morgan fingerprint density at radius 2 is 2.00 bits per heavy atom. The standard InChI is InChI=1S/C2H2FO.Rf/c3-2-1-4-2;/h1-2H;/q-1;. The number of rotatable bonds is 0. The van der Waals surface area contributed by atoms with Crippen molar-refractivity contribution in [1.82, 2.24) is 0 Å². The summed E-state index contributed by atoms with van der Waals surface area (Å²) in [5, 5.41) is 0. The molecule has 1 aliphatic heterocycles. The van der Waals surface area contributed by atoms with Crippen LogP contribution in [0, 0.1) is 6.61 Å². The van der Waals surface area contributed by atoms with Crippen LogP contribution in [0.15, 0.2) is 0 Å². The second-order valence-electron chi connectivity index (χ2n) is 0.623. The van der Waals surface area contributed by atoms with Crippen LogP contribution in [0.1, 0.15) is 0 Å². The Morgan fingerprint density at radius 1 is 1.80 bits per heavy atom. The van der Waals surface area contributed by atoms with Gasteiger partial charge in [-0.25, -0.2) is 0 Å². The molecule has 1 nitrogen and oxygen atoms in total. The molecule has 0 aromatic rings. The molecule has 1 fully saturated rings. The summed E-state index contributed by atoms with van der Waals surface area (Å²) in [5.74, 6) is 0. The van der Waals surface area contributed by atoms with Gasteiger partial charge in [0, 0.05) is 0 Å². The van der Waals surface area contributed by atoms with E-state index < -0.39 is 6.36 Å². The van der Waals surface area contributed by atoms with E-state index in [9.17, 15) is 4.39 Å². The zero-order chi connectivity index (χ0) is 2.99. The van der Waals surface area contributed by atoms with E-state index in [1.165, 1.54) is 0 Å². The van der Waals surface area contributed by atoms with Crippen molar-refractivity contribution in [3.8, 4) is 0 Å². The summed E-state index contributed by atoms with van der Waals surface area (Å²) in [4.78, 5) is 0. The maximum Gasteiger partial charge on any atom is 0.0670 e. The molecule has 1 atom stereocenters. The smallest absolute Gasteiger partial charge is 0.0670 e. The van der Waals surface area contributed by atoms with Crippen LogP contribution >= 0.6 is 0 Å². The molecule has 1 heterocycles. The molecule has 5 heavy (non-hydrogen) atoms. The van der Waals surface area contributed by atoms with Crippen molar-refractivity contribution in [2.45, 2.75) is 6.36 Å². The van der Waals surface area contributed by atoms with E-state index in [0.717, 1.165) is 6.61 Å². The Kier molecular flexibility index (Phi) is 0.531. The Balaban J connectivity index is 0.000000160. The summed E-state index contributed by atoms with van der Waals surface area (Å²) < 4.78 is 14.8. The largest absolute Gasteiger partial charge is 0.543 e. The number of epoxide rings is 1. The van der Waals surface area contributed by atoms with Gasteiger partial charge in [0.2, 0.25) is 0 Å². The van der Waals surface area contributed by atoms with Crippen molar-refractivity contribution in [2.75, 3.05) is 0 Å². The Hall–Kier alpha value is -1.11. The molecule has 0 bridgehead atoms. The molecule has 0 aliphatic carbocycles. The predicted octanol–water partition coefficient (Wildman–Crippen LogP) is 0.474. The molecule has 0 saturated carbocycles. The van der Waals surface area contributed by atoms with Crippen LogP contribution in [-0.2, 0) is 4.74 Å². The van der Waals surface area contributed by atoms with Crippen molar-refractivity contribution in [2.24, 2.45) is 0 Å². The van der Waals surface area contributed by atoms with Crippen LogP contribution in [0.25, 0.3) is 0 Å². The summed E-state index contributed by atoms with van der Waals surface area (Å²) in [6.45, 7) is 1.12. The number of ether oxygens (including phenoxy) is 1. The van der Waals surface area contributed by atoms with Gasteiger partial charge in [0.15, 0.2) is 0 Å². The minimum Gasteiger partial charge on any atom is -0.543 e. The number of halogens is 1. The van der Waals surface area contributed by atoms with E-state index in [1.54, 1.807) is 0 Å². The van der Waals surface area contributed by atoms with Gasteiger partial charge in [-0.05, 0) is 0 Å². The number of hydrogen-bond acceptors (Lipinski definition) is 1. The minimum absolute atomic E-state index is 0. The van der Waals surface area contributed by atoms with Gasteiger partial charge in [0.05, 0.1) is 6.36 Å². The molecule has 26 valence electrons. The minimum atomic E-state index is -1.04. The average Bonchev–Trinajstić information content (AvgIpc) is 1.75. The van der Waals surface area contributed by atoms with Crippen LogP contribution in [0.5, 0.6) is 0 Å². The maximum atomic E-state index is 10.8. The molecule has 3 heteroatoms. The fourth-order valence-electron chi connectivity index (χ4n) is 0.0297. The molecule has 0 aromatic heterocycles. The van der Waals surface area contributed by atoms with Crippen LogP contribution in [-0.4, -0.2) is 6.36 Å². The predicted molar refractivity (Wildman–Crippen MR) is 10.3 cm³/mol. The summed E-state index contributed by atoms with van der Waals surface area (Å²) in [6.07, 6.45) is -1.04. The quantitative estimate of drug-likeness (QED) is 0.465. The zero-order valence-corrected chi connectivity index (χ0v) is 9.05. The Labute approximate surface area is 23.4 Å². The molecule has 1 aliphatic rings. The first-order valence-corrected chi connectivity index (χ1v) is 1.02. The SMILES string of the molecule is FC1[CH-]O1.[Rf]. The van der Waals surface area contributed by atoms with Crippen LogP contribution in [0.2, 0.25) is 0 Å². The summed E-state index contributed by atoms with van der Waals surface area (Å²) in [5.41, 5.74) is 0. The third kappa shape index (κ3) is 0.641. The molecule has 0 aromatic carbocycles. The fraction of sp³-hybridized carbons (Fsp3) is 0.500. The molecule has 0 radical (unpaired) electrons. The Morgan fingerprint density at radius 3 is 2.00 bits per heavy atom. The summed E-state index contributed by atoms with van der Waals surface area (Å²) in [7, 11) is 0. The first-order valence-electron chi connectivity index (χ1n) is 1.02. The van der Waals surface area contributed by atoms with E-state index in [4.69, 9.17) is 0 Å². The topological polar surface area (TPSA) is 12.5 Å². The van der Waals surface area contributed by atoms with Gasteiger partial charge >= 0.3 is 0 Å². The molecule has 0 spiro atoms. The van der Waals surface area contributed by atoms with Crippen LogP contribution in [0.3, 0.4) is 0 Å². The average molecular weight is 328 g/mol. The van der Waals surface area contributed by atoms with E-state index in [1.807, 2.05) is 0 Å². The van der Waals surface area contributed by atoms with E-state index >= 15 is 0 Å². The molecule has 1 unspecified atom stereocenters. The first-order chi connectivity index (χ1) is 1.89. The van der Waals surface area contributed by atoms with Gasteiger partial charge in [0.1, 0.15) is 0 Å². The molecule has 1 rings (SSSR count). The molecular formula is C2H2FORf-. The van der Waals surface area contributed by atoms with Gasteiger partial charge in [0.25, 0.3) is 0 Å². The van der Waals surface area contributed by atoms with Crippen LogP contribution in [0.4, 0.5) is 4.39 Å². The number of hydrogen-bond donors (Lipinski definition) is 0. The van der Waals surface area contributed by atoms with Gasteiger partial charge < -0.3 is 4.74 Å². The van der Waals surface area contributed by atoms with Crippen molar-refractivity contribution < 1.29 is 9.13 Å². The third-order valence-electron chi connectivity index (χ3n) is 0.239. The second-order valence-corrected chi connectivity index (χ2v) is 0.623. The number of alkyl halides is 1. The second kappa shape index (κ2) is 0.682. The monoisotopic (exact) mass is 328 g/mol. The Bertz CT molecular complexity index is 28.8. The van der Waals surface area contributed by atoms with Gasteiger partial charge in [-0.15, -0.1) is 0 Å². The van der Waals surface area contributed by atoms with Gasteiger partial charge in [-0.2, -0.15) is 6.61 Å². The molecular weight excluding hydrogens is 326 g/mol. The van der Waals surface area contributed by atoms with Crippen molar-refractivity contribution in [3.05, 3.63) is 6.61 Å². The van der Waals surface area contributed by atoms with Crippen molar-refractivity contribution in [3.63, 3.8) is 0 Å². The summed E-state index contributed by atoms with van der Waals surface area (Å²) >= 11 is 0. The summed E-state index contributed by atoms with van der Waals surface area (Å²) in [6, 6.07) is 0. The van der Waals surface area contributed by atoms with Crippen molar-refractivity contribution in [1.29, 1.82) is 0 Å².